The summed E-state index contributed by atoms with van der Waals surface area (Å²) in [5.74, 6) is 0.460. The largest absolute Gasteiger partial charge is 0.438 e. The van der Waals surface area contributed by atoms with Crippen LogP contribution in [0.4, 0.5) is 4.39 Å². The predicted molar refractivity (Wildman–Crippen MR) is 130 cm³/mol. The summed E-state index contributed by atoms with van der Waals surface area (Å²) in [5, 5.41) is 5.85. The van der Waals surface area contributed by atoms with Gasteiger partial charge in [-0.2, -0.15) is 5.10 Å². The zero-order valence-corrected chi connectivity index (χ0v) is 19.0. The minimum atomic E-state index is -0.275. The van der Waals surface area contributed by atoms with Crippen LogP contribution in [0.25, 0.3) is 44.9 Å². The van der Waals surface area contributed by atoms with Gasteiger partial charge in [0.25, 0.3) is 0 Å². The van der Waals surface area contributed by atoms with Gasteiger partial charge in [0.1, 0.15) is 23.6 Å². The third kappa shape index (κ3) is 3.63. The van der Waals surface area contributed by atoms with E-state index in [1.54, 1.807) is 12.1 Å². The highest BCUT2D eigenvalue weighted by Crippen LogP contribution is 2.41. The van der Waals surface area contributed by atoms with Gasteiger partial charge in [-0.3, -0.25) is 4.68 Å². The van der Waals surface area contributed by atoms with E-state index in [4.69, 9.17) is 14.3 Å². The van der Waals surface area contributed by atoms with Crippen LogP contribution in [0.5, 0.6) is 0 Å². The van der Waals surface area contributed by atoms with Crippen molar-refractivity contribution in [3.8, 4) is 33.8 Å². The minimum absolute atomic E-state index is 0.260. The van der Waals surface area contributed by atoms with Crippen molar-refractivity contribution in [3.05, 3.63) is 79.0 Å². The number of ether oxygens (including phenoxy) is 1. The van der Waals surface area contributed by atoms with Gasteiger partial charge in [-0.1, -0.05) is 30.3 Å². The van der Waals surface area contributed by atoms with Crippen molar-refractivity contribution < 1.29 is 13.5 Å². The molecular formula is C28H23FN4O2. The highest BCUT2D eigenvalue weighted by molar-refractivity contribution is 5.95. The molecule has 2 unspecified atom stereocenters. The van der Waals surface area contributed by atoms with E-state index in [-0.39, 0.29) is 11.9 Å². The average Bonchev–Trinajstić information content (AvgIpc) is 3.61. The zero-order valence-electron chi connectivity index (χ0n) is 19.0. The molecule has 2 aromatic carbocycles. The van der Waals surface area contributed by atoms with Crippen LogP contribution in [0.15, 0.2) is 77.6 Å². The van der Waals surface area contributed by atoms with E-state index >= 15 is 0 Å². The second-order valence-electron chi connectivity index (χ2n) is 9.38. The Kier molecular flexibility index (Phi) is 4.77. The van der Waals surface area contributed by atoms with Gasteiger partial charge in [-0.05, 0) is 56.0 Å². The summed E-state index contributed by atoms with van der Waals surface area (Å²) in [7, 11) is 0. The first-order chi connectivity index (χ1) is 17.2. The topological polar surface area (TPSA) is 66.0 Å². The van der Waals surface area contributed by atoms with Crippen molar-refractivity contribution in [2.75, 3.05) is 0 Å². The van der Waals surface area contributed by atoms with Crippen LogP contribution < -0.4 is 0 Å². The number of hydrogen-bond acceptors (Lipinski definition) is 5. The molecule has 5 aromatic rings. The SMILES string of the molecule is Fc1ccc(-c2nn(C3CC4CCC(C3)O4)cc2-c2ncnc3oc(-c4ccccc4)cc23)cc1. The van der Waals surface area contributed by atoms with Crippen LogP contribution in [-0.4, -0.2) is 32.0 Å². The Morgan fingerprint density at radius 2 is 1.63 bits per heavy atom. The van der Waals surface area contributed by atoms with Gasteiger partial charge in [-0.15, -0.1) is 0 Å². The number of benzene rings is 2. The number of aromatic nitrogens is 4. The maximum atomic E-state index is 13.7. The molecule has 3 aromatic heterocycles. The lowest BCUT2D eigenvalue weighted by Gasteiger charge is -2.28. The number of fused-ring (bicyclic) bond motifs is 3. The summed E-state index contributed by atoms with van der Waals surface area (Å²) in [4.78, 5) is 9.05. The maximum Gasteiger partial charge on any atom is 0.230 e. The van der Waals surface area contributed by atoms with Gasteiger partial charge in [0.05, 0.1) is 29.3 Å². The van der Waals surface area contributed by atoms with E-state index in [9.17, 15) is 4.39 Å². The minimum Gasteiger partial charge on any atom is -0.438 e. The lowest BCUT2D eigenvalue weighted by molar-refractivity contribution is -0.0180. The molecule has 5 heterocycles. The molecule has 7 rings (SSSR count). The van der Waals surface area contributed by atoms with E-state index in [0.717, 1.165) is 64.9 Å². The maximum absolute atomic E-state index is 13.7. The Balaban J connectivity index is 1.38. The average molecular weight is 467 g/mol. The highest BCUT2D eigenvalue weighted by Gasteiger charge is 2.36. The molecule has 2 bridgehead atoms. The first-order valence-corrected chi connectivity index (χ1v) is 12.0. The van der Waals surface area contributed by atoms with Crippen LogP contribution in [-0.2, 0) is 4.74 Å². The lowest BCUT2D eigenvalue weighted by Crippen LogP contribution is -2.27. The number of nitrogens with zero attached hydrogens (tertiary/aromatic N) is 4. The Hall–Kier alpha value is -3.84. The first-order valence-electron chi connectivity index (χ1n) is 12.0. The molecule has 2 atom stereocenters. The van der Waals surface area contributed by atoms with E-state index in [1.165, 1.54) is 18.5 Å². The third-order valence-electron chi connectivity index (χ3n) is 7.13. The summed E-state index contributed by atoms with van der Waals surface area (Å²) in [6.07, 6.45) is 8.32. The number of furan rings is 1. The summed E-state index contributed by atoms with van der Waals surface area (Å²) >= 11 is 0. The Morgan fingerprint density at radius 1 is 0.857 bits per heavy atom. The Morgan fingerprint density at radius 3 is 2.40 bits per heavy atom. The van der Waals surface area contributed by atoms with Crippen molar-refractivity contribution in [1.29, 1.82) is 0 Å². The molecule has 2 aliphatic rings. The summed E-state index contributed by atoms with van der Waals surface area (Å²) in [6.45, 7) is 0. The van der Waals surface area contributed by atoms with Crippen LogP contribution in [0.3, 0.4) is 0 Å². The molecule has 35 heavy (non-hydrogen) atoms. The van der Waals surface area contributed by atoms with E-state index in [1.807, 2.05) is 36.4 Å². The standard InChI is InChI=1S/C28H23FN4O2/c29-19-8-6-18(7-9-19)26-24(15-33(32-26)20-12-21-10-11-22(13-20)34-21)27-23-14-25(17-4-2-1-3-5-17)35-28(23)31-16-30-27/h1-9,14-16,20-22H,10-13H2. The van der Waals surface area contributed by atoms with Gasteiger partial charge in [0.15, 0.2) is 0 Å². The fraction of sp³-hybridized carbons (Fsp3) is 0.250. The van der Waals surface area contributed by atoms with Crippen molar-refractivity contribution in [1.82, 2.24) is 19.7 Å². The summed E-state index contributed by atoms with van der Waals surface area (Å²) < 4.78 is 27.9. The van der Waals surface area contributed by atoms with Gasteiger partial charge < -0.3 is 9.15 Å². The van der Waals surface area contributed by atoms with Crippen LogP contribution in [0.2, 0.25) is 0 Å². The van der Waals surface area contributed by atoms with E-state index < -0.39 is 0 Å². The molecule has 6 nitrogen and oxygen atoms in total. The molecule has 0 N–H and O–H groups in total. The Labute approximate surface area is 201 Å². The molecule has 0 spiro atoms. The lowest BCUT2D eigenvalue weighted by atomic mass is 10.0. The van der Waals surface area contributed by atoms with Crippen molar-refractivity contribution in [3.63, 3.8) is 0 Å². The summed E-state index contributed by atoms with van der Waals surface area (Å²) in [6, 6.07) is 18.7. The second-order valence-corrected chi connectivity index (χ2v) is 9.38. The Bertz CT molecular complexity index is 1500. The van der Waals surface area contributed by atoms with E-state index in [2.05, 4.69) is 20.8 Å². The number of halogens is 1. The molecule has 0 aliphatic carbocycles. The van der Waals surface area contributed by atoms with Crippen LogP contribution >= 0.6 is 0 Å². The number of rotatable bonds is 4. The normalized spacial score (nSPS) is 21.6. The van der Waals surface area contributed by atoms with Crippen molar-refractivity contribution >= 4 is 11.1 Å². The van der Waals surface area contributed by atoms with Gasteiger partial charge >= 0.3 is 0 Å². The quantitative estimate of drug-likeness (QED) is 0.305. The van der Waals surface area contributed by atoms with Crippen molar-refractivity contribution in [2.24, 2.45) is 0 Å². The highest BCUT2D eigenvalue weighted by atomic mass is 19.1. The smallest absolute Gasteiger partial charge is 0.230 e. The second kappa shape index (κ2) is 8.13. The number of hydrogen-bond donors (Lipinski definition) is 0. The molecule has 2 saturated heterocycles. The molecule has 7 heteroatoms. The third-order valence-corrected chi connectivity index (χ3v) is 7.13. The van der Waals surface area contributed by atoms with Crippen molar-refractivity contribution in [2.45, 2.75) is 43.9 Å². The molecule has 2 aliphatic heterocycles. The van der Waals surface area contributed by atoms with E-state index in [0.29, 0.717) is 17.9 Å². The van der Waals surface area contributed by atoms with Gasteiger partial charge in [0, 0.05) is 22.9 Å². The zero-order chi connectivity index (χ0) is 23.4. The fourth-order valence-corrected chi connectivity index (χ4v) is 5.43. The fourth-order valence-electron chi connectivity index (χ4n) is 5.43. The molecular weight excluding hydrogens is 443 g/mol. The molecule has 0 saturated carbocycles. The predicted octanol–water partition coefficient (Wildman–Crippen LogP) is 6.44. The monoisotopic (exact) mass is 466 g/mol. The molecule has 0 radical (unpaired) electrons. The van der Waals surface area contributed by atoms with Crippen LogP contribution in [0, 0.1) is 5.82 Å². The summed E-state index contributed by atoms with van der Waals surface area (Å²) in [5.41, 5.74) is 4.74. The van der Waals surface area contributed by atoms with Gasteiger partial charge in [-0.25, -0.2) is 14.4 Å². The first kappa shape index (κ1) is 20.5. The molecule has 2 fully saturated rings. The van der Waals surface area contributed by atoms with Gasteiger partial charge in [0.2, 0.25) is 5.71 Å². The van der Waals surface area contributed by atoms with Crippen LogP contribution in [0.1, 0.15) is 31.7 Å². The molecule has 0 amide bonds. The molecule has 174 valence electrons.